The van der Waals surface area contributed by atoms with Crippen LogP contribution in [0.4, 0.5) is 0 Å². The number of hydrogen-bond donors (Lipinski definition) is 0. The monoisotopic (exact) mass is 472 g/mol. The molecule has 0 aliphatic heterocycles. The maximum Gasteiger partial charge on any atom is 0.244 e. The normalized spacial score (nSPS) is 12.0. The lowest BCUT2D eigenvalue weighted by Gasteiger charge is -2.11. The highest BCUT2D eigenvalue weighted by Gasteiger charge is 2.18. The first kappa shape index (κ1) is 21.8. The molecule has 0 atom stereocenters. The molecule has 31 heavy (non-hydrogen) atoms. The third kappa shape index (κ3) is 4.77. The van der Waals surface area contributed by atoms with E-state index in [0.717, 1.165) is 21.9 Å². The minimum atomic E-state index is -3.49. The Morgan fingerprint density at radius 3 is 2.52 bits per heavy atom. The molecule has 0 radical (unpaired) electrons. The Kier molecular flexibility index (Phi) is 6.34. The number of benzene rings is 2. The standard InChI is InChI=1S/C22H21ClN4O2S2/c1-26(2)31(28,29)18-9-11-22(24-13-18)30-15-21-25-19-12-17(23)8-10-20(19)27(21)14-16-6-4-3-5-7-16/h3-13H,14-15H2,1-2H3. The number of aromatic nitrogens is 3. The van der Waals surface area contributed by atoms with Crippen molar-refractivity contribution in [1.82, 2.24) is 18.8 Å². The first-order valence-corrected chi connectivity index (χ1v) is 12.3. The van der Waals surface area contributed by atoms with E-state index in [2.05, 4.69) is 21.7 Å². The summed E-state index contributed by atoms with van der Waals surface area (Å²) < 4.78 is 27.8. The molecule has 0 saturated heterocycles. The summed E-state index contributed by atoms with van der Waals surface area (Å²) >= 11 is 7.68. The molecule has 0 aliphatic carbocycles. The zero-order valence-corrected chi connectivity index (χ0v) is 19.5. The van der Waals surface area contributed by atoms with Crippen molar-refractivity contribution < 1.29 is 8.42 Å². The van der Waals surface area contributed by atoms with E-state index in [4.69, 9.17) is 16.6 Å². The van der Waals surface area contributed by atoms with Crippen LogP contribution in [-0.4, -0.2) is 41.4 Å². The van der Waals surface area contributed by atoms with Crippen LogP contribution in [-0.2, 0) is 22.3 Å². The van der Waals surface area contributed by atoms with Gasteiger partial charge in [-0.15, -0.1) is 0 Å². The smallest absolute Gasteiger partial charge is 0.244 e. The van der Waals surface area contributed by atoms with Gasteiger partial charge in [0.1, 0.15) is 10.7 Å². The second-order valence-corrected chi connectivity index (χ2v) is 10.7. The molecule has 9 heteroatoms. The van der Waals surface area contributed by atoms with Crippen LogP contribution in [0.15, 0.2) is 76.8 Å². The third-order valence-electron chi connectivity index (χ3n) is 4.81. The van der Waals surface area contributed by atoms with E-state index < -0.39 is 10.0 Å². The molecule has 0 amide bonds. The molecular weight excluding hydrogens is 452 g/mol. The molecule has 2 aromatic carbocycles. The van der Waals surface area contributed by atoms with Crippen LogP contribution in [0, 0.1) is 0 Å². The Labute approximate surface area is 190 Å². The van der Waals surface area contributed by atoms with Gasteiger partial charge < -0.3 is 4.57 Å². The fourth-order valence-electron chi connectivity index (χ4n) is 3.16. The van der Waals surface area contributed by atoms with Gasteiger partial charge in [0.25, 0.3) is 0 Å². The van der Waals surface area contributed by atoms with Crippen molar-refractivity contribution in [2.45, 2.75) is 22.2 Å². The van der Waals surface area contributed by atoms with Crippen molar-refractivity contribution in [1.29, 1.82) is 0 Å². The summed E-state index contributed by atoms with van der Waals surface area (Å²) in [6.07, 6.45) is 1.39. The number of sulfonamides is 1. The second-order valence-electron chi connectivity index (χ2n) is 7.14. The van der Waals surface area contributed by atoms with E-state index in [1.54, 1.807) is 12.1 Å². The van der Waals surface area contributed by atoms with Gasteiger partial charge in [0, 0.05) is 31.9 Å². The van der Waals surface area contributed by atoms with Crippen LogP contribution in [0.25, 0.3) is 11.0 Å². The number of hydrogen-bond acceptors (Lipinski definition) is 5. The lowest BCUT2D eigenvalue weighted by molar-refractivity contribution is 0.520. The Balaban J connectivity index is 1.60. The molecule has 0 spiro atoms. The molecule has 4 rings (SSSR count). The molecule has 0 fully saturated rings. The maximum absolute atomic E-state index is 12.2. The molecule has 2 heterocycles. The van der Waals surface area contributed by atoms with Crippen molar-refractivity contribution >= 4 is 44.4 Å². The first-order valence-electron chi connectivity index (χ1n) is 9.54. The van der Waals surface area contributed by atoms with Gasteiger partial charge in [-0.2, -0.15) is 0 Å². The Bertz CT molecular complexity index is 1300. The highest BCUT2D eigenvalue weighted by Crippen LogP contribution is 2.27. The number of pyridine rings is 1. The van der Waals surface area contributed by atoms with E-state index in [0.29, 0.717) is 17.3 Å². The highest BCUT2D eigenvalue weighted by atomic mass is 35.5. The number of thioether (sulfide) groups is 1. The van der Waals surface area contributed by atoms with Gasteiger partial charge in [0.05, 0.1) is 21.8 Å². The number of imidazole rings is 1. The SMILES string of the molecule is CN(C)S(=O)(=O)c1ccc(SCc2nc3cc(Cl)ccc3n2Cc2ccccc2)nc1. The van der Waals surface area contributed by atoms with Crippen molar-refractivity contribution in [3.8, 4) is 0 Å². The number of rotatable bonds is 7. The van der Waals surface area contributed by atoms with E-state index in [1.165, 1.54) is 41.9 Å². The molecule has 0 unspecified atom stereocenters. The summed E-state index contributed by atoms with van der Waals surface area (Å²) in [6, 6.07) is 19.2. The van der Waals surface area contributed by atoms with Crippen molar-refractivity contribution in [2.24, 2.45) is 0 Å². The molecule has 4 aromatic rings. The molecule has 160 valence electrons. The number of nitrogens with zero attached hydrogens (tertiary/aromatic N) is 4. The second kappa shape index (κ2) is 9.00. The highest BCUT2D eigenvalue weighted by molar-refractivity contribution is 7.98. The fraction of sp³-hybridized carbons (Fsp3) is 0.182. The van der Waals surface area contributed by atoms with E-state index in [-0.39, 0.29) is 4.90 Å². The zero-order valence-electron chi connectivity index (χ0n) is 17.1. The van der Waals surface area contributed by atoms with Gasteiger partial charge in [0.15, 0.2) is 0 Å². The van der Waals surface area contributed by atoms with Gasteiger partial charge in [-0.3, -0.25) is 0 Å². The minimum absolute atomic E-state index is 0.174. The van der Waals surface area contributed by atoms with Gasteiger partial charge in [-0.1, -0.05) is 53.7 Å². The topological polar surface area (TPSA) is 68.1 Å². The molecular formula is C22H21ClN4O2S2. The summed E-state index contributed by atoms with van der Waals surface area (Å²) in [5.41, 5.74) is 3.04. The Hall–Kier alpha value is -2.39. The average Bonchev–Trinajstić information content (AvgIpc) is 3.09. The molecule has 0 saturated carbocycles. The van der Waals surface area contributed by atoms with Gasteiger partial charge >= 0.3 is 0 Å². The largest absolute Gasteiger partial charge is 0.323 e. The molecule has 0 aliphatic rings. The molecule has 0 N–H and O–H groups in total. The van der Waals surface area contributed by atoms with Crippen molar-refractivity contribution in [2.75, 3.05) is 14.1 Å². The van der Waals surface area contributed by atoms with Crippen LogP contribution < -0.4 is 0 Å². The van der Waals surface area contributed by atoms with Crippen molar-refractivity contribution in [3.63, 3.8) is 0 Å². The Morgan fingerprint density at radius 2 is 1.84 bits per heavy atom. The Morgan fingerprint density at radius 1 is 1.06 bits per heavy atom. The van der Waals surface area contributed by atoms with Crippen LogP contribution in [0.1, 0.15) is 11.4 Å². The predicted octanol–water partition coefficient (Wildman–Crippen LogP) is 4.68. The lowest BCUT2D eigenvalue weighted by atomic mass is 10.2. The fourth-order valence-corrected chi connectivity index (χ4v) is 4.96. The van der Waals surface area contributed by atoms with E-state index in [1.807, 2.05) is 36.4 Å². The van der Waals surface area contributed by atoms with Crippen molar-refractivity contribution in [3.05, 3.63) is 83.3 Å². The molecule has 2 aromatic heterocycles. The molecule has 0 bridgehead atoms. The van der Waals surface area contributed by atoms with Crippen LogP contribution in [0.3, 0.4) is 0 Å². The summed E-state index contributed by atoms with van der Waals surface area (Å²) in [5, 5.41) is 1.38. The van der Waals surface area contributed by atoms with Crippen LogP contribution in [0.2, 0.25) is 5.02 Å². The number of halogens is 1. The van der Waals surface area contributed by atoms with E-state index >= 15 is 0 Å². The summed E-state index contributed by atoms with van der Waals surface area (Å²) in [4.78, 5) is 9.29. The third-order valence-corrected chi connectivity index (χ3v) is 7.78. The maximum atomic E-state index is 12.2. The van der Waals surface area contributed by atoms with E-state index in [9.17, 15) is 8.42 Å². The van der Waals surface area contributed by atoms with Crippen LogP contribution in [0.5, 0.6) is 0 Å². The van der Waals surface area contributed by atoms with Crippen LogP contribution >= 0.6 is 23.4 Å². The number of fused-ring (bicyclic) bond motifs is 1. The minimum Gasteiger partial charge on any atom is -0.323 e. The van der Waals surface area contributed by atoms with Gasteiger partial charge in [-0.25, -0.2) is 22.7 Å². The molecule has 6 nitrogen and oxygen atoms in total. The lowest BCUT2D eigenvalue weighted by Crippen LogP contribution is -2.22. The zero-order chi connectivity index (χ0) is 22.0. The quantitative estimate of drug-likeness (QED) is 0.365. The first-order chi connectivity index (χ1) is 14.8. The summed E-state index contributed by atoms with van der Waals surface area (Å²) in [7, 11) is -0.488. The summed E-state index contributed by atoms with van der Waals surface area (Å²) in [6.45, 7) is 0.697. The average molecular weight is 473 g/mol. The summed E-state index contributed by atoms with van der Waals surface area (Å²) in [5.74, 6) is 1.49. The van der Waals surface area contributed by atoms with Gasteiger partial charge in [0.2, 0.25) is 10.0 Å². The van der Waals surface area contributed by atoms with Gasteiger partial charge in [-0.05, 0) is 35.9 Å². The predicted molar refractivity (Wildman–Crippen MR) is 125 cm³/mol.